The Labute approximate surface area is 116 Å². The number of carbonyl (C=O) groups excluding carboxylic acids is 1. The summed E-state index contributed by atoms with van der Waals surface area (Å²) in [5.74, 6) is 1.32. The minimum absolute atomic E-state index is 0.0742. The standard InChI is InChI=1S/C14H18BrNO2/c1-11-9-16(8-7-13(11)15)14(17)10-18-12-5-3-2-4-6-12/h2-6,11,13H,7-10H2,1H3. The van der Waals surface area contributed by atoms with Crippen molar-refractivity contribution in [2.24, 2.45) is 5.92 Å². The number of para-hydroxylation sites is 1. The lowest BCUT2D eigenvalue weighted by Gasteiger charge is -2.34. The predicted molar refractivity (Wildman–Crippen MR) is 75.0 cm³/mol. The van der Waals surface area contributed by atoms with Gasteiger partial charge in [0.1, 0.15) is 5.75 Å². The predicted octanol–water partition coefficient (Wildman–Crippen LogP) is 2.70. The van der Waals surface area contributed by atoms with Crippen molar-refractivity contribution in [3.63, 3.8) is 0 Å². The molecule has 98 valence electrons. The van der Waals surface area contributed by atoms with Crippen molar-refractivity contribution in [2.75, 3.05) is 19.7 Å². The Morgan fingerprint density at radius 3 is 2.83 bits per heavy atom. The first kappa shape index (κ1) is 13.4. The third-order valence-electron chi connectivity index (χ3n) is 3.26. The number of halogens is 1. The lowest BCUT2D eigenvalue weighted by atomic mass is 10.0. The third kappa shape index (κ3) is 3.48. The maximum atomic E-state index is 12.0. The van der Waals surface area contributed by atoms with Crippen LogP contribution in [0.1, 0.15) is 13.3 Å². The monoisotopic (exact) mass is 311 g/mol. The van der Waals surface area contributed by atoms with Crippen molar-refractivity contribution in [3.05, 3.63) is 30.3 Å². The molecule has 18 heavy (non-hydrogen) atoms. The van der Waals surface area contributed by atoms with Gasteiger partial charge in [-0.1, -0.05) is 41.1 Å². The molecule has 0 saturated carbocycles. The molecule has 1 amide bonds. The van der Waals surface area contributed by atoms with Crippen LogP contribution in [0, 0.1) is 5.92 Å². The summed E-state index contributed by atoms with van der Waals surface area (Å²) in [6.45, 7) is 3.92. The maximum absolute atomic E-state index is 12.0. The highest BCUT2D eigenvalue weighted by molar-refractivity contribution is 9.09. The lowest BCUT2D eigenvalue weighted by molar-refractivity contribution is -0.134. The average Bonchev–Trinajstić information content (AvgIpc) is 2.40. The van der Waals surface area contributed by atoms with Crippen LogP contribution < -0.4 is 4.74 Å². The topological polar surface area (TPSA) is 29.5 Å². The molecule has 0 aromatic heterocycles. The molecule has 3 nitrogen and oxygen atoms in total. The van der Waals surface area contributed by atoms with Crippen LogP contribution in [0.5, 0.6) is 5.75 Å². The van der Waals surface area contributed by atoms with Crippen LogP contribution in [0.15, 0.2) is 30.3 Å². The second-order valence-corrected chi connectivity index (χ2v) is 5.90. The number of amides is 1. The fourth-order valence-corrected chi connectivity index (χ4v) is 2.47. The Bertz CT molecular complexity index is 396. The number of rotatable bonds is 3. The van der Waals surface area contributed by atoms with Crippen molar-refractivity contribution in [3.8, 4) is 5.75 Å². The first-order chi connectivity index (χ1) is 8.66. The minimum atomic E-state index is 0.0742. The second-order valence-electron chi connectivity index (χ2n) is 4.72. The molecule has 0 spiro atoms. The van der Waals surface area contributed by atoms with Gasteiger partial charge >= 0.3 is 0 Å². The van der Waals surface area contributed by atoms with Gasteiger partial charge in [0.15, 0.2) is 6.61 Å². The van der Waals surface area contributed by atoms with Crippen LogP contribution in [-0.2, 0) is 4.79 Å². The third-order valence-corrected chi connectivity index (χ3v) is 4.62. The normalized spacial score (nSPS) is 23.8. The number of piperidine rings is 1. The summed E-state index contributed by atoms with van der Waals surface area (Å²) < 4.78 is 5.48. The molecule has 1 aliphatic rings. The Morgan fingerprint density at radius 1 is 1.44 bits per heavy atom. The van der Waals surface area contributed by atoms with E-state index in [2.05, 4.69) is 22.9 Å². The number of likely N-dealkylation sites (tertiary alicyclic amines) is 1. The Kier molecular flexibility index (Phi) is 4.64. The molecule has 1 heterocycles. The van der Waals surface area contributed by atoms with Crippen molar-refractivity contribution in [1.82, 2.24) is 4.90 Å². The van der Waals surface area contributed by atoms with E-state index in [4.69, 9.17) is 4.74 Å². The molecule has 0 aliphatic carbocycles. The molecule has 1 aliphatic heterocycles. The summed E-state index contributed by atoms with van der Waals surface area (Å²) in [4.78, 5) is 14.4. The minimum Gasteiger partial charge on any atom is -0.484 e. The molecular formula is C14H18BrNO2. The molecule has 1 saturated heterocycles. The number of hydrogen-bond donors (Lipinski definition) is 0. The lowest BCUT2D eigenvalue weighted by Crippen LogP contribution is -2.45. The fourth-order valence-electron chi connectivity index (χ4n) is 2.10. The summed E-state index contributed by atoms with van der Waals surface area (Å²) in [6.07, 6.45) is 1.01. The Hall–Kier alpha value is -1.03. The van der Waals surface area contributed by atoms with Crippen LogP contribution in [-0.4, -0.2) is 35.3 Å². The van der Waals surface area contributed by atoms with Gasteiger partial charge in [-0.3, -0.25) is 4.79 Å². The Balaban J connectivity index is 1.82. The summed E-state index contributed by atoms with van der Waals surface area (Å²) >= 11 is 3.64. The van der Waals surface area contributed by atoms with Crippen LogP contribution in [0.25, 0.3) is 0 Å². The van der Waals surface area contributed by atoms with E-state index in [1.165, 1.54) is 0 Å². The van der Waals surface area contributed by atoms with Crippen molar-refractivity contribution in [1.29, 1.82) is 0 Å². The molecule has 1 fully saturated rings. The molecule has 1 aromatic rings. The van der Waals surface area contributed by atoms with Gasteiger partial charge in [0.25, 0.3) is 5.91 Å². The number of carbonyl (C=O) groups is 1. The number of benzene rings is 1. The van der Waals surface area contributed by atoms with Gasteiger partial charge in [-0.25, -0.2) is 0 Å². The second kappa shape index (κ2) is 6.23. The van der Waals surface area contributed by atoms with Crippen molar-refractivity contribution >= 4 is 21.8 Å². The van der Waals surface area contributed by atoms with E-state index in [1.807, 2.05) is 35.2 Å². The van der Waals surface area contributed by atoms with Gasteiger partial charge in [0.05, 0.1) is 0 Å². The van der Waals surface area contributed by atoms with E-state index in [9.17, 15) is 4.79 Å². The first-order valence-electron chi connectivity index (χ1n) is 6.26. The van der Waals surface area contributed by atoms with Gasteiger partial charge in [-0.15, -0.1) is 0 Å². The van der Waals surface area contributed by atoms with Crippen LogP contribution in [0.3, 0.4) is 0 Å². The van der Waals surface area contributed by atoms with Crippen LogP contribution in [0.4, 0.5) is 0 Å². The quantitative estimate of drug-likeness (QED) is 0.803. The zero-order valence-electron chi connectivity index (χ0n) is 10.5. The van der Waals surface area contributed by atoms with Crippen molar-refractivity contribution in [2.45, 2.75) is 18.2 Å². The molecule has 2 unspecified atom stereocenters. The molecule has 0 bridgehead atoms. The van der Waals surface area contributed by atoms with Gasteiger partial charge in [-0.05, 0) is 24.5 Å². The maximum Gasteiger partial charge on any atom is 0.260 e. The van der Waals surface area contributed by atoms with Crippen LogP contribution in [0.2, 0.25) is 0 Å². The highest BCUT2D eigenvalue weighted by Gasteiger charge is 2.26. The van der Waals surface area contributed by atoms with Crippen molar-refractivity contribution < 1.29 is 9.53 Å². The first-order valence-corrected chi connectivity index (χ1v) is 7.18. The SMILES string of the molecule is CC1CN(C(=O)COc2ccccc2)CCC1Br. The van der Waals surface area contributed by atoms with Crippen LogP contribution >= 0.6 is 15.9 Å². The molecule has 0 N–H and O–H groups in total. The summed E-state index contributed by atoms with van der Waals surface area (Å²) in [5, 5.41) is 0. The molecule has 2 rings (SSSR count). The molecule has 0 radical (unpaired) electrons. The molecule has 1 aromatic carbocycles. The highest BCUT2D eigenvalue weighted by Crippen LogP contribution is 2.23. The number of nitrogens with zero attached hydrogens (tertiary/aromatic N) is 1. The zero-order valence-corrected chi connectivity index (χ0v) is 12.1. The molecule has 2 atom stereocenters. The van der Waals surface area contributed by atoms with E-state index in [-0.39, 0.29) is 12.5 Å². The van der Waals surface area contributed by atoms with E-state index < -0.39 is 0 Å². The average molecular weight is 312 g/mol. The number of ether oxygens (including phenoxy) is 1. The molecular weight excluding hydrogens is 294 g/mol. The highest BCUT2D eigenvalue weighted by atomic mass is 79.9. The van der Waals surface area contributed by atoms with Gasteiger partial charge in [-0.2, -0.15) is 0 Å². The van der Waals surface area contributed by atoms with Gasteiger partial charge in [0, 0.05) is 17.9 Å². The van der Waals surface area contributed by atoms with E-state index in [1.54, 1.807) is 0 Å². The number of hydrogen-bond acceptors (Lipinski definition) is 2. The number of alkyl halides is 1. The van der Waals surface area contributed by atoms with E-state index in [0.29, 0.717) is 10.7 Å². The summed E-state index contributed by atoms with van der Waals surface area (Å²) in [5.41, 5.74) is 0. The summed E-state index contributed by atoms with van der Waals surface area (Å²) in [7, 11) is 0. The van der Waals surface area contributed by atoms with Gasteiger partial charge in [0.2, 0.25) is 0 Å². The Morgan fingerprint density at radius 2 is 2.17 bits per heavy atom. The smallest absolute Gasteiger partial charge is 0.260 e. The van der Waals surface area contributed by atoms with E-state index >= 15 is 0 Å². The van der Waals surface area contributed by atoms with E-state index in [0.717, 1.165) is 25.3 Å². The fraction of sp³-hybridized carbons (Fsp3) is 0.500. The summed E-state index contributed by atoms with van der Waals surface area (Å²) in [6, 6.07) is 9.45. The largest absolute Gasteiger partial charge is 0.484 e. The molecule has 4 heteroatoms. The van der Waals surface area contributed by atoms with Gasteiger partial charge < -0.3 is 9.64 Å². The zero-order chi connectivity index (χ0) is 13.0.